The van der Waals surface area contributed by atoms with Gasteiger partial charge in [-0.25, -0.2) is 4.68 Å². The van der Waals surface area contributed by atoms with Crippen molar-refractivity contribution in [2.75, 3.05) is 6.54 Å². The second-order valence-corrected chi connectivity index (χ2v) is 5.50. The fraction of sp³-hybridized carbons (Fsp3) is 0.158. The molecular weight excluding hydrogens is 286 g/mol. The number of amides is 1. The summed E-state index contributed by atoms with van der Waals surface area (Å²) in [4.78, 5) is 12.2. The lowest BCUT2D eigenvalue weighted by Gasteiger charge is -2.04. The fourth-order valence-corrected chi connectivity index (χ4v) is 2.34. The molecular formula is C19H19N3O. The first kappa shape index (κ1) is 15.0. The van der Waals surface area contributed by atoms with Gasteiger partial charge in [0.25, 0.3) is 5.91 Å². The molecule has 0 saturated carbocycles. The minimum Gasteiger partial charge on any atom is -0.352 e. The maximum absolute atomic E-state index is 12.2. The first-order valence-corrected chi connectivity index (χ1v) is 7.66. The SMILES string of the molecule is Cc1ccc(CCNC(=O)c2cnn(-c3ccccc3)c2)cc1. The van der Waals surface area contributed by atoms with Crippen molar-refractivity contribution >= 4 is 5.91 Å². The molecule has 23 heavy (non-hydrogen) atoms. The number of carbonyl (C=O) groups excluding carboxylic acids is 1. The monoisotopic (exact) mass is 305 g/mol. The molecule has 0 aliphatic rings. The number of hydrogen-bond donors (Lipinski definition) is 1. The maximum atomic E-state index is 12.2. The minimum absolute atomic E-state index is 0.0979. The molecule has 1 heterocycles. The summed E-state index contributed by atoms with van der Waals surface area (Å²) in [5.74, 6) is -0.0979. The Hall–Kier alpha value is -2.88. The van der Waals surface area contributed by atoms with E-state index in [-0.39, 0.29) is 5.91 Å². The zero-order valence-corrected chi connectivity index (χ0v) is 13.1. The Bertz CT molecular complexity index is 776. The molecule has 4 heteroatoms. The molecule has 3 aromatic rings. The highest BCUT2D eigenvalue weighted by Crippen LogP contribution is 2.08. The van der Waals surface area contributed by atoms with Crippen molar-refractivity contribution in [2.24, 2.45) is 0 Å². The predicted octanol–water partition coefficient (Wildman–Crippen LogP) is 3.15. The van der Waals surface area contributed by atoms with Gasteiger partial charge in [-0.15, -0.1) is 0 Å². The lowest BCUT2D eigenvalue weighted by Crippen LogP contribution is -2.25. The largest absolute Gasteiger partial charge is 0.352 e. The zero-order valence-electron chi connectivity index (χ0n) is 13.1. The molecule has 0 bridgehead atoms. The lowest BCUT2D eigenvalue weighted by atomic mass is 10.1. The highest BCUT2D eigenvalue weighted by atomic mass is 16.1. The first-order chi connectivity index (χ1) is 11.2. The number of para-hydroxylation sites is 1. The Morgan fingerprint density at radius 2 is 1.83 bits per heavy atom. The molecule has 0 spiro atoms. The smallest absolute Gasteiger partial charge is 0.254 e. The molecule has 0 radical (unpaired) electrons. The van der Waals surface area contributed by atoms with Crippen molar-refractivity contribution in [1.29, 1.82) is 0 Å². The van der Waals surface area contributed by atoms with Gasteiger partial charge in [-0.1, -0.05) is 48.0 Å². The van der Waals surface area contributed by atoms with E-state index >= 15 is 0 Å². The van der Waals surface area contributed by atoms with Crippen LogP contribution in [-0.2, 0) is 6.42 Å². The van der Waals surface area contributed by atoms with Crippen LogP contribution in [0, 0.1) is 6.92 Å². The molecule has 1 amide bonds. The number of aromatic nitrogens is 2. The Kier molecular flexibility index (Phi) is 4.52. The molecule has 0 atom stereocenters. The molecule has 0 saturated heterocycles. The van der Waals surface area contributed by atoms with Crippen LogP contribution in [0.25, 0.3) is 5.69 Å². The number of benzene rings is 2. The van der Waals surface area contributed by atoms with Crippen LogP contribution in [0.2, 0.25) is 0 Å². The molecule has 0 unspecified atom stereocenters. The van der Waals surface area contributed by atoms with Gasteiger partial charge in [0.2, 0.25) is 0 Å². The number of nitrogens with one attached hydrogen (secondary N) is 1. The lowest BCUT2D eigenvalue weighted by molar-refractivity contribution is 0.0954. The molecule has 0 aliphatic heterocycles. The van der Waals surface area contributed by atoms with Crippen LogP contribution >= 0.6 is 0 Å². The summed E-state index contributed by atoms with van der Waals surface area (Å²) in [5, 5.41) is 7.17. The summed E-state index contributed by atoms with van der Waals surface area (Å²) in [6, 6.07) is 18.1. The van der Waals surface area contributed by atoms with Crippen molar-refractivity contribution in [3.63, 3.8) is 0 Å². The van der Waals surface area contributed by atoms with Crippen LogP contribution in [-0.4, -0.2) is 22.2 Å². The third kappa shape index (κ3) is 3.86. The van der Waals surface area contributed by atoms with E-state index in [9.17, 15) is 4.79 Å². The molecule has 1 N–H and O–H groups in total. The molecule has 3 rings (SSSR count). The molecule has 2 aromatic carbocycles. The molecule has 4 nitrogen and oxygen atoms in total. The predicted molar refractivity (Wildman–Crippen MR) is 90.8 cm³/mol. The van der Waals surface area contributed by atoms with E-state index in [1.54, 1.807) is 17.1 Å². The number of nitrogens with zero attached hydrogens (tertiary/aromatic N) is 2. The van der Waals surface area contributed by atoms with Crippen LogP contribution < -0.4 is 5.32 Å². The average Bonchev–Trinajstić information content (AvgIpc) is 3.07. The van der Waals surface area contributed by atoms with Gasteiger partial charge in [0.05, 0.1) is 17.4 Å². The van der Waals surface area contributed by atoms with Gasteiger partial charge in [0, 0.05) is 12.7 Å². The van der Waals surface area contributed by atoms with Gasteiger partial charge in [0.15, 0.2) is 0 Å². The normalized spacial score (nSPS) is 10.5. The van der Waals surface area contributed by atoms with Gasteiger partial charge >= 0.3 is 0 Å². The van der Waals surface area contributed by atoms with E-state index in [1.165, 1.54) is 11.1 Å². The van der Waals surface area contributed by atoms with Crippen LogP contribution in [0.5, 0.6) is 0 Å². The van der Waals surface area contributed by atoms with E-state index in [2.05, 4.69) is 41.6 Å². The quantitative estimate of drug-likeness (QED) is 0.787. The number of rotatable bonds is 5. The van der Waals surface area contributed by atoms with Crippen molar-refractivity contribution in [2.45, 2.75) is 13.3 Å². The molecule has 0 aliphatic carbocycles. The second-order valence-electron chi connectivity index (χ2n) is 5.50. The highest BCUT2D eigenvalue weighted by Gasteiger charge is 2.08. The molecule has 116 valence electrons. The zero-order chi connectivity index (χ0) is 16.1. The third-order valence-corrected chi connectivity index (χ3v) is 3.69. The third-order valence-electron chi connectivity index (χ3n) is 3.69. The Labute approximate surface area is 135 Å². The summed E-state index contributed by atoms with van der Waals surface area (Å²) in [5.41, 5.74) is 3.96. The van der Waals surface area contributed by atoms with Crippen LogP contribution in [0.4, 0.5) is 0 Å². The van der Waals surface area contributed by atoms with Crippen LogP contribution in [0.1, 0.15) is 21.5 Å². The van der Waals surface area contributed by atoms with Gasteiger partial charge in [0.1, 0.15) is 0 Å². The summed E-state index contributed by atoms with van der Waals surface area (Å²) in [7, 11) is 0. The van der Waals surface area contributed by atoms with Crippen LogP contribution in [0.3, 0.4) is 0 Å². The topological polar surface area (TPSA) is 46.9 Å². The Balaban J connectivity index is 1.56. The van der Waals surface area contributed by atoms with Crippen molar-refractivity contribution in [3.8, 4) is 5.69 Å². The minimum atomic E-state index is -0.0979. The van der Waals surface area contributed by atoms with Crippen LogP contribution in [0.15, 0.2) is 67.0 Å². The fourth-order valence-electron chi connectivity index (χ4n) is 2.34. The van der Waals surface area contributed by atoms with E-state index in [1.807, 2.05) is 30.3 Å². The molecule has 0 fully saturated rings. The van der Waals surface area contributed by atoms with Gasteiger partial charge < -0.3 is 5.32 Å². The van der Waals surface area contributed by atoms with E-state index in [0.29, 0.717) is 12.1 Å². The van der Waals surface area contributed by atoms with Crippen molar-refractivity contribution < 1.29 is 4.79 Å². The van der Waals surface area contributed by atoms with Gasteiger partial charge in [-0.3, -0.25) is 4.79 Å². The Morgan fingerprint density at radius 3 is 2.57 bits per heavy atom. The van der Waals surface area contributed by atoms with Crippen molar-refractivity contribution in [3.05, 3.63) is 83.7 Å². The summed E-state index contributed by atoms with van der Waals surface area (Å²) >= 11 is 0. The summed E-state index contributed by atoms with van der Waals surface area (Å²) < 4.78 is 1.70. The van der Waals surface area contributed by atoms with E-state index in [4.69, 9.17) is 0 Å². The number of aryl methyl sites for hydroxylation is 1. The highest BCUT2D eigenvalue weighted by molar-refractivity contribution is 5.93. The first-order valence-electron chi connectivity index (χ1n) is 7.66. The Morgan fingerprint density at radius 1 is 1.09 bits per heavy atom. The summed E-state index contributed by atoms with van der Waals surface area (Å²) in [6.45, 7) is 2.67. The average molecular weight is 305 g/mol. The van der Waals surface area contributed by atoms with Crippen molar-refractivity contribution in [1.82, 2.24) is 15.1 Å². The maximum Gasteiger partial charge on any atom is 0.254 e. The van der Waals surface area contributed by atoms with E-state index < -0.39 is 0 Å². The van der Waals surface area contributed by atoms with E-state index in [0.717, 1.165) is 12.1 Å². The van der Waals surface area contributed by atoms with Gasteiger partial charge in [-0.05, 0) is 31.0 Å². The number of carbonyl (C=O) groups is 1. The summed E-state index contributed by atoms with van der Waals surface area (Å²) in [6.07, 6.45) is 4.16. The van der Waals surface area contributed by atoms with Gasteiger partial charge in [-0.2, -0.15) is 5.10 Å². The number of hydrogen-bond acceptors (Lipinski definition) is 2. The molecule has 1 aromatic heterocycles. The standard InChI is InChI=1S/C19H19N3O/c1-15-7-9-16(10-8-15)11-12-20-19(23)17-13-21-22(14-17)18-5-3-2-4-6-18/h2-10,13-14H,11-12H2,1H3,(H,20,23). The second kappa shape index (κ2) is 6.92.